The number of carboxylic acid groups (broad SMARTS) is 1. The molecule has 1 N–H and O–H groups in total. The molecule has 1 rings (SSSR count). The highest BCUT2D eigenvalue weighted by Crippen LogP contribution is 2.16. The highest BCUT2D eigenvalue weighted by atomic mass is 127. The lowest BCUT2D eigenvalue weighted by Gasteiger charge is -2.12. The summed E-state index contributed by atoms with van der Waals surface area (Å²) in [6, 6.07) is 8.40. The molecule has 4 heteroatoms. The highest BCUT2D eigenvalue weighted by molar-refractivity contribution is 14.1. The first-order valence-electron chi connectivity index (χ1n) is 5.64. The van der Waals surface area contributed by atoms with Crippen LogP contribution < -0.4 is 4.90 Å². The van der Waals surface area contributed by atoms with Crippen molar-refractivity contribution in [1.29, 1.82) is 0 Å². The lowest BCUT2D eigenvalue weighted by atomic mass is 10.1. The lowest BCUT2D eigenvalue weighted by Crippen LogP contribution is -2.12. The number of benzene rings is 1. The van der Waals surface area contributed by atoms with Crippen LogP contribution in [0.1, 0.15) is 18.4 Å². The molecular weight excluding hydrogens is 329 g/mol. The van der Waals surface area contributed by atoms with E-state index in [2.05, 4.69) is 29.2 Å². The number of hydrogen-bond acceptors (Lipinski definition) is 2. The van der Waals surface area contributed by atoms with E-state index in [1.54, 1.807) is 0 Å². The molecule has 17 heavy (non-hydrogen) atoms. The Labute approximate surface area is 116 Å². The minimum Gasteiger partial charge on any atom is -0.480 e. The second-order valence-electron chi connectivity index (χ2n) is 4.26. The molecule has 0 aliphatic carbocycles. The van der Waals surface area contributed by atoms with Crippen LogP contribution in [0.3, 0.4) is 0 Å². The van der Waals surface area contributed by atoms with Crippen LogP contribution in [0.5, 0.6) is 0 Å². The zero-order chi connectivity index (χ0) is 12.8. The molecule has 1 aromatic rings. The summed E-state index contributed by atoms with van der Waals surface area (Å²) in [6.07, 6.45) is 2.59. The summed E-state index contributed by atoms with van der Waals surface area (Å²) >= 11 is 1.98. The Morgan fingerprint density at radius 1 is 1.35 bits per heavy atom. The zero-order valence-electron chi connectivity index (χ0n) is 10.2. The van der Waals surface area contributed by atoms with Crippen molar-refractivity contribution in [2.24, 2.45) is 0 Å². The van der Waals surface area contributed by atoms with E-state index >= 15 is 0 Å². The van der Waals surface area contributed by atoms with Gasteiger partial charge in [-0.2, -0.15) is 0 Å². The van der Waals surface area contributed by atoms with Crippen LogP contribution in [-0.4, -0.2) is 29.1 Å². The van der Waals surface area contributed by atoms with E-state index in [4.69, 9.17) is 5.11 Å². The minimum absolute atomic E-state index is 0.270. The van der Waals surface area contributed by atoms with Crippen molar-refractivity contribution in [1.82, 2.24) is 0 Å². The fourth-order valence-electron chi connectivity index (χ4n) is 1.57. The Bertz CT molecular complexity index is 362. The van der Waals surface area contributed by atoms with Crippen molar-refractivity contribution in [3.05, 3.63) is 29.8 Å². The van der Waals surface area contributed by atoms with E-state index in [0.29, 0.717) is 0 Å². The van der Waals surface area contributed by atoms with Crippen LogP contribution in [-0.2, 0) is 11.2 Å². The number of hydrogen-bond donors (Lipinski definition) is 1. The largest absolute Gasteiger partial charge is 0.480 e. The van der Waals surface area contributed by atoms with Crippen LogP contribution in [0.4, 0.5) is 5.69 Å². The molecule has 0 bridgehead atoms. The molecule has 3 nitrogen and oxygen atoms in total. The van der Waals surface area contributed by atoms with E-state index in [-0.39, 0.29) is 3.92 Å². The van der Waals surface area contributed by atoms with Gasteiger partial charge in [0.15, 0.2) is 0 Å². The maximum absolute atomic E-state index is 10.6. The third kappa shape index (κ3) is 4.93. The molecule has 1 aromatic carbocycles. The molecule has 94 valence electrons. The van der Waals surface area contributed by atoms with Gasteiger partial charge in [-0.1, -0.05) is 34.7 Å². The Balaban J connectivity index is 2.40. The fourth-order valence-corrected chi connectivity index (χ4v) is 2.01. The zero-order valence-corrected chi connectivity index (χ0v) is 12.3. The van der Waals surface area contributed by atoms with Crippen molar-refractivity contribution in [3.63, 3.8) is 0 Å². The fraction of sp³-hybridized carbons (Fsp3) is 0.462. The number of aliphatic carboxylic acids is 1. The van der Waals surface area contributed by atoms with E-state index in [1.165, 1.54) is 11.3 Å². The molecule has 0 aliphatic heterocycles. The van der Waals surface area contributed by atoms with Gasteiger partial charge in [0.25, 0.3) is 0 Å². The Morgan fingerprint density at radius 2 is 1.94 bits per heavy atom. The quantitative estimate of drug-likeness (QED) is 0.635. The summed E-state index contributed by atoms with van der Waals surface area (Å²) in [5, 5.41) is 8.76. The van der Waals surface area contributed by atoms with Gasteiger partial charge in [0.05, 0.1) is 0 Å². The third-order valence-electron chi connectivity index (χ3n) is 2.64. The molecule has 1 unspecified atom stereocenters. The number of alkyl halides is 1. The first-order chi connectivity index (χ1) is 8.00. The van der Waals surface area contributed by atoms with Gasteiger partial charge in [-0.05, 0) is 37.0 Å². The first kappa shape index (κ1) is 14.3. The summed E-state index contributed by atoms with van der Waals surface area (Å²) in [5.41, 5.74) is 2.45. The average molecular weight is 347 g/mol. The summed E-state index contributed by atoms with van der Waals surface area (Å²) in [5.74, 6) is -0.714. The Kier molecular flexibility index (Phi) is 5.74. The maximum atomic E-state index is 10.6. The number of aryl methyl sites for hydroxylation is 1. The van der Waals surface area contributed by atoms with Gasteiger partial charge in [-0.25, -0.2) is 0 Å². The van der Waals surface area contributed by atoms with E-state index in [9.17, 15) is 4.79 Å². The molecule has 0 saturated heterocycles. The van der Waals surface area contributed by atoms with Crippen molar-refractivity contribution in [2.75, 3.05) is 19.0 Å². The van der Waals surface area contributed by atoms with Gasteiger partial charge in [-0.15, -0.1) is 0 Å². The van der Waals surface area contributed by atoms with Crippen molar-refractivity contribution in [2.45, 2.75) is 23.2 Å². The van der Waals surface area contributed by atoms with Gasteiger partial charge >= 0.3 is 5.97 Å². The normalized spacial score (nSPS) is 12.2. The SMILES string of the molecule is CN(C)c1ccc(CCCC(I)C(=O)O)cc1. The predicted molar refractivity (Wildman–Crippen MR) is 79.2 cm³/mol. The number of rotatable bonds is 6. The molecule has 0 saturated carbocycles. The highest BCUT2D eigenvalue weighted by Gasteiger charge is 2.11. The number of anilines is 1. The number of carbonyl (C=O) groups is 1. The molecule has 0 radical (unpaired) electrons. The van der Waals surface area contributed by atoms with Gasteiger partial charge in [0.1, 0.15) is 3.92 Å². The summed E-state index contributed by atoms with van der Waals surface area (Å²) in [4.78, 5) is 12.7. The maximum Gasteiger partial charge on any atom is 0.316 e. The summed E-state index contributed by atoms with van der Waals surface area (Å²) < 4.78 is -0.270. The van der Waals surface area contributed by atoms with Crippen LogP contribution >= 0.6 is 22.6 Å². The standard InChI is InChI=1S/C13H18INO2/c1-15(2)11-8-6-10(7-9-11)4-3-5-12(14)13(16)17/h6-9,12H,3-5H2,1-2H3,(H,16,17). The Morgan fingerprint density at radius 3 is 2.41 bits per heavy atom. The smallest absolute Gasteiger partial charge is 0.316 e. The summed E-state index contributed by atoms with van der Waals surface area (Å²) in [6.45, 7) is 0. The molecule has 0 heterocycles. The third-order valence-corrected chi connectivity index (χ3v) is 3.80. The second-order valence-corrected chi connectivity index (χ2v) is 5.76. The number of halogens is 1. The van der Waals surface area contributed by atoms with E-state index in [1.807, 2.05) is 36.7 Å². The monoisotopic (exact) mass is 347 g/mol. The van der Waals surface area contributed by atoms with Crippen molar-refractivity contribution >= 4 is 34.2 Å². The molecular formula is C13H18INO2. The Hall–Kier alpha value is -0.780. The average Bonchev–Trinajstić information content (AvgIpc) is 2.29. The number of carboxylic acids is 1. The first-order valence-corrected chi connectivity index (χ1v) is 6.88. The number of nitrogens with zero attached hydrogens (tertiary/aromatic N) is 1. The van der Waals surface area contributed by atoms with Crippen molar-refractivity contribution in [3.8, 4) is 0 Å². The molecule has 0 spiro atoms. The molecule has 0 fully saturated rings. The van der Waals surface area contributed by atoms with Crippen LogP contribution in [0, 0.1) is 0 Å². The van der Waals surface area contributed by atoms with Gasteiger partial charge in [0, 0.05) is 19.8 Å². The van der Waals surface area contributed by atoms with Gasteiger partial charge < -0.3 is 10.0 Å². The van der Waals surface area contributed by atoms with Gasteiger partial charge in [-0.3, -0.25) is 4.79 Å². The van der Waals surface area contributed by atoms with Crippen molar-refractivity contribution < 1.29 is 9.90 Å². The van der Waals surface area contributed by atoms with Crippen LogP contribution in [0.15, 0.2) is 24.3 Å². The minimum atomic E-state index is -0.714. The molecule has 1 atom stereocenters. The molecule has 0 aromatic heterocycles. The van der Waals surface area contributed by atoms with E-state index in [0.717, 1.165) is 19.3 Å². The topological polar surface area (TPSA) is 40.5 Å². The predicted octanol–water partition coefficient (Wildman–Crippen LogP) is 2.96. The molecule has 0 aliphatic rings. The van der Waals surface area contributed by atoms with Crippen LogP contribution in [0.2, 0.25) is 0 Å². The van der Waals surface area contributed by atoms with E-state index < -0.39 is 5.97 Å². The molecule has 0 amide bonds. The summed E-state index contributed by atoms with van der Waals surface area (Å²) in [7, 11) is 4.03. The lowest BCUT2D eigenvalue weighted by molar-refractivity contribution is -0.136. The van der Waals surface area contributed by atoms with Gasteiger partial charge in [0.2, 0.25) is 0 Å². The second kappa shape index (κ2) is 6.83. The van der Waals surface area contributed by atoms with Crippen LogP contribution in [0.25, 0.3) is 0 Å².